The summed E-state index contributed by atoms with van der Waals surface area (Å²) in [6, 6.07) is 6.20. The third-order valence-electron chi connectivity index (χ3n) is 2.63. The molecule has 1 heterocycles. The summed E-state index contributed by atoms with van der Waals surface area (Å²) >= 11 is 0. The maximum absolute atomic E-state index is 13.5. The Kier molecular flexibility index (Phi) is 4.14. The van der Waals surface area contributed by atoms with E-state index in [4.69, 9.17) is 9.47 Å². The minimum absolute atomic E-state index is 0.0817. The number of nitrogens with zero attached hydrogens (tertiary/aromatic N) is 1. The van der Waals surface area contributed by atoms with Gasteiger partial charge in [-0.3, -0.25) is 9.78 Å². The molecule has 0 unspecified atom stereocenters. The topological polar surface area (TPSA) is 60.5 Å². The third kappa shape index (κ3) is 3.03. The van der Waals surface area contributed by atoms with E-state index in [1.54, 1.807) is 18.2 Å². The van der Waals surface area contributed by atoms with Crippen LogP contribution < -0.4 is 14.8 Å². The van der Waals surface area contributed by atoms with Gasteiger partial charge in [0.1, 0.15) is 11.5 Å². The van der Waals surface area contributed by atoms with Crippen molar-refractivity contribution < 1.29 is 18.7 Å². The van der Waals surface area contributed by atoms with E-state index < -0.39 is 11.7 Å². The van der Waals surface area contributed by atoms with Gasteiger partial charge < -0.3 is 14.8 Å². The van der Waals surface area contributed by atoms with Gasteiger partial charge >= 0.3 is 0 Å². The number of hydrogen-bond donors (Lipinski definition) is 1. The summed E-state index contributed by atoms with van der Waals surface area (Å²) in [4.78, 5) is 15.6. The van der Waals surface area contributed by atoms with Crippen molar-refractivity contribution in [3.63, 3.8) is 0 Å². The number of methoxy groups -OCH3 is 2. The first kappa shape index (κ1) is 13.8. The molecule has 0 aliphatic heterocycles. The van der Waals surface area contributed by atoms with Crippen molar-refractivity contribution in [2.24, 2.45) is 0 Å². The molecule has 0 bridgehead atoms. The standard InChI is InChI=1S/C14H13FN2O3/c1-19-10-5-9(6-11(7-10)20-2)17-14(18)12-3-4-16-8-13(12)15/h3-8H,1-2H3,(H,17,18). The fourth-order valence-corrected chi connectivity index (χ4v) is 1.64. The molecule has 1 amide bonds. The number of pyridine rings is 1. The summed E-state index contributed by atoms with van der Waals surface area (Å²) < 4.78 is 23.6. The molecule has 104 valence electrons. The molecule has 0 saturated carbocycles. The fraction of sp³-hybridized carbons (Fsp3) is 0.143. The molecule has 1 N–H and O–H groups in total. The van der Waals surface area contributed by atoms with Crippen molar-refractivity contribution in [1.29, 1.82) is 0 Å². The molecular weight excluding hydrogens is 263 g/mol. The van der Waals surface area contributed by atoms with Gasteiger partial charge in [0.25, 0.3) is 5.91 Å². The largest absolute Gasteiger partial charge is 0.497 e. The van der Waals surface area contributed by atoms with Crippen LogP contribution >= 0.6 is 0 Å². The molecule has 0 atom stereocenters. The summed E-state index contributed by atoms with van der Waals surface area (Å²) in [6.45, 7) is 0. The lowest BCUT2D eigenvalue weighted by Crippen LogP contribution is -2.14. The van der Waals surface area contributed by atoms with E-state index in [0.717, 1.165) is 6.20 Å². The number of ether oxygens (including phenoxy) is 2. The first-order valence-electron chi connectivity index (χ1n) is 5.78. The number of rotatable bonds is 4. The predicted octanol–water partition coefficient (Wildman–Crippen LogP) is 2.49. The van der Waals surface area contributed by atoms with Crippen molar-refractivity contribution in [2.75, 3.05) is 19.5 Å². The Morgan fingerprint density at radius 3 is 2.40 bits per heavy atom. The Labute approximate surface area is 115 Å². The molecule has 6 heteroatoms. The lowest BCUT2D eigenvalue weighted by Gasteiger charge is -2.10. The van der Waals surface area contributed by atoms with E-state index in [1.807, 2.05) is 0 Å². The lowest BCUT2D eigenvalue weighted by atomic mass is 10.2. The van der Waals surface area contributed by atoms with Crippen LogP contribution in [0.5, 0.6) is 11.5 Å². The highest BCUT2D eigenvalue weighted by Gasteiger charge is 2.12. The second kappa shape index (κ2) is 6.01. The van der Waals surface area contributed by atoms with Crippen LogP contribution in [0.15, 0.2) is 36.7 Å². The molecule has 0 radical (unpaired) electrons. The molecule has 0 spiro atoms. The fourth-order valence-electron chi connectivity index (χ4n) is 1.64. The first-order chi connectivity index (χ1) is 9.63. The summed E-state index contributed by atoms with van der Waals surface area (Å²) in [5.74, 6) is -0.204. The molecule has 0 aliphatic rings. The molecule has 2 aromatic rings. The van der Waals surface area contributed by atoms with E-state index in [2.05, 4.69) is 10.3 Å². The van der Waals surface area contributed by atoms with Gasteiger partial charge in [-0.05, 0) is 6.07 Å². The monoisotopic (exact) mass is 276 g/mol. The van der Waals surface area contributed by atoms with Crippen LogP contribution in [0.3, 0.4) is 0 Å². The van der Waals surface area contributed by atoms with Crippen LogP contribution in [-0.4, -0.2) is 25.1 Å². The molecule has 2 rings (SSSR count). The Morgan fingerprint density at radius 2 is 1.85 bits per heavy atom. The highest BCUT2D eigenvalue weighted by Crippen LogP contribution is 2.26. The highest BCUT2D eigenvalue weighted by molar-refractivity contribution is 6.04. The Hall–Kier alpha value is -2.63. The van der Waals surface area contributed by atoms with E-state index in [1.165, 1.54) is 26.5 Å². The van der Waals surface area contributed by atoms with Crippen LogP contribution in [0.4, 0.5) is 10.1 Å². The molecular formula is C14H13FN2O3. The zero-order chi connectivity index (χ0) is 14.5. The number of halogens is 1. The second-order valence-corrected chi connectivity index (χ2v) is 3.91. The number of benzene rings is 1. The van der Waals surface area contributed by atoms with Crippen molar-refractivity contribution in [2.45, 2.75) is 0 Å². The van der Waals surface area contributed by atoms with E-state index >= 15 is 0 Å². The van der Waals surface area contributed by atoms with E-state index in [9.17, 15) is 9.18 Å². The van der Waals surface area contributed by atoms with E-state index in [0.29, 0.717) is 17.2 Å². The van der Waals surface area contributed by atoms with Gasteiger partial charge in [0.15, 0.2) is 5.82 Å². The number of hydrogen-bond acceptors (Lipinski definition) is 4. The SMILES string of the molecule is COc1cc(NC(=O)c2ccncc2F)cc(OC)c1. The van der Waals surface area contributed by atoms with Gasteiger partial charge in [0.2, 0.25) is 0 Å². The van der Waals surface area contributed by atoms with Gasteiger partial charge in [-0.1, -0.05) is 0 Å². The quantitative estimate of drug-likeness (QED) is 0.932. The van der Waals surface area contributed by atoms with Crippen LogP contribution in [0.25, 0.3) is 0 Å². The van der Waals surface area contributed by atoms with Gasteiger partial charge in [-0.2, -0.15) is 0 Å². The smallest absolute Gasteiger partial charge is 0.258 e. The molecule has 20 heavy (non-hydrogen) atoms. The Bertz CT molecular complexity index is 609. The normalized spacial score (nSPS) is 9.95. The highest BCUT2D eigenvalue weighted by atomic mass is 19.1. The maximum atomic E-state index is 13.5. The van der Waals surface area contributed by atoms with Gasteiger partial charge in [0, 0.05) is 30.1 Å². The minimum Gasteiger partial charge on any atom is -0.497 e. The Balaban J connectivity index is 2.26. The summed E-state index contributed by atoms with van der Waals surface area (Å²) in [6.07, 6.45) is 2.34. The summed E-state index contributed by atoms with van der Waals surface area (Å²) in [5, 5.41) is 2.58. The Morgan fingerprint density at radius 1 is 1.20 bits per heavy atom. The van der Waals surface area contributed by atoms with Crippen molar-refractivity contribution in [3.05, 3.63) is 48.0 Å². The number of anilines is 1. The predicted molar refractivity (Wildman–Crippen MR) is 71.7 cm³/mol. The average Bonchev–Trinajstić information content (AvgIpc) is 2.47. The zero-order valence-corrected chi connectivity index (χ0v) is 11.0. The number of amides is 1. The van der Waals surface area contributed by atoms with Crippen molar-refractivity contribution in [1.82, 2.24) is 4.98 Å². The van der Waals surface area contributed by atoms with E-state index in [-0.39, 0.29) is 5.56 Å². The average molecular weight is 276 g/mol. The molecule has 0 saturated heterocycles. The van der Waals surface area contributed by atoms with Crippen LogP contribution in [0, 0.1) is 5.82 Å². The zero-order valence-electron chi connectivity index (χ0n) is 11.0. The minimum atomic E-state index is -0.681. The molecule has 0 fully saturated rings. The number of carbonyl (C=O) groups excluding carboxylic acids is 1. The van der Waals surface area contributed by atoms with Crippen LogP contribution in [0.2, 0.25) is 0 Å². The molecule has 0 aliphatic carbocycles. The van der Waals surface area contributed by atoms with Crippen LogP contribution in [-0.2, 0) is 0 Å². The first-order valence-corrected chi connectivity index (χ1v) is 5.78. The number of aromatic nitrogens is 1. The number of nitrogens with one attached hydrogen (secondary N) is 1. The van der Waals surface area contributed by atoms with Crippen molar-refractivity contribution in [3.8, 4) is 11.5 Å². The summed E-state index contributed by atoms with van der Waals surface area (Å²) in [5.41, 5.74) is 0.365. The summed E-state index contributed by atoms with van der Waals surface area (Å²) in [7, 11) is 3.01. The lowest BCUT2D eigenvalue weighted by molar-refractivity contribution is 0.102. The molecule has 5 nitrogen and oxygen atoms in total. The van der Waals surface area contributed by atoms with Gasteiger partial charge in [-0.25, -0.2) is 4.39 Å². The second-order valence-electron chi connectivity index (χ2n) is 3.91. The molecule has 1 aromatic carbocycles. The van der Waals surface area contributed by atoms with Gasteiger partial charge in [-0.15, -0.1) is 0 Å². The van der Waals surface area contributed by atoms with Crippen molar-refractivity contribution >= 4 is 11.6 Å². The van der Waals surface area contributed by atoms with Gasteiger partial charge in [0.05, 0.1) is 26.0 Å². The molecule has 1 aromatic heterocycles. The number of carbonyl (C=O) groups is 1. The van der Waals surface area contributed by atoms with Crippen LogP contribution in [0.1, 0.15) is 10.4 Å². The maximum Gasteiger partial charge on any atom is 0.258 e. The third-order valence-corrected chi connectivity index (χ3v) is 2.63.